The molecule has 0 aliphatic carbocycles. The Labute approximate surface area is 172 Å². The van der Waals surface area contributed by atoms with Crippen LogP contribution in [-0.2, 0) is 12.8 Å². The van der Waals surface area contributed by atoms with E-state index < -0.39 is 11.7 Å². The molecule has 4 rings (SSSR count). The van der Waals surface area contributed by atoms with Crippen molar-refractivity contribution in [1.82, 2.24) is 19.7 Å². The lowest BCUT2D eigenvalue weighted by atomic mass is 9.95. The van der Waals surface area contributed by atoms with Crippen LogP contribution in [0.5, 0.6) is 0 Å². The minimum absolute atomic E-state index is 0.0828. The number of pyridine rings is 1. The van der Waals surface area contributed by atoms with E-state index in [4.69, 9.17) is 0 Å². The fourth-order valence-corrected chi connectivity index (χ4v) is 3.95. The van der Waals surface area contributed by atoms with Crippen molar-refractivity contribution < 1.29 is 18.3 Å². The first-order chi connectivity index (χ1) is 14.4. The van der Waals surface area contributed by atoms with Crippen molar-refractivity contribution in [3.63, 3.8) is 0 Å². The number of halogens is 3. The molecule has 9 heteroatoms. The highest BCUT2D eigenvalue weighted by molar-refractivity contribution is 5.46. The molecule has 1 aliphatic rings. The number of piperidine rings is 1. The van der Waals surface area contributed by atoms with Crippen molar-refractivity contribution in [3.05, 3.63) is 65.4 Å². The Kier molecular flexibility index (Phi) is 5.46. The van der Waals surface area contributed by atoms with E-state index in [0.29, 0.717) is 22.9 Å². The molecule has 1 saturated heterocycles. The third-order valence-corrected chi connectivity index (χ3v) is 5.49. The molecule has 0 radical (unpaired) electrons. The third kappa shape index (κ3) is 3.89. The number of aryl methyl sites for hydroxylation is 1. The third-order valence-electron chi connectivity index (χ3n) is 5.49. The van der Waals surface area contributed by atoms with E-state index >= 15 is 0 Å². The van der Waals surface area contributed by atoms with Crippen LogP contribution >= 0.6 is 0 Å². The minimum atomic E-state index is -4.41. The summed E-state index contributed by atoms with van der Waals surface area (Å²) >= 11 is 0. The molecule has 0 bridgehead atoms. The normalized spacial score (nSPS) is 15.6. The lowest BCUT2D eigenvalue weighted by Crippen LogP contribution is -2.34. The maximum absolute atomic E-state index is 13.1. The van der Waals surface area contributed by atoms with Crippen LogP contribution in [0.3, 0.4) is 0 Å². The SMILES string of the molecule is Cc1cc(C(F)(F)F)ccc1-n1c(CO)nnc1C1CCN(c2ccccn2)CC1. The van der Waals surface area contributed by atoms with Gasteiger partial charge < -0.3 is 10.0 Å². The molecule has 2 aromatic heterocycles. The summed E-state index contributed by atoms with van der Waals surface area (Å²) in [5, 5.41) is 18.1. The van der Waals surface area contributed by atoms with Crippen LogP contribution in [0.2, 0.25) is 0 Å². The van der Waals surface area contributed by atoms with Gasteiger partial charge in [0.15, 0.2) is 5.82 Å². The highest BCUT2D eigenvalue weighted by atomic mass is 19.4. The standard InChI is InChI=1S/C21H22F3N5O/c1-14-12-16(21(22,23)24)5-6-17(14)29-19(13-30)26-27-20(29)15-7-10-28(11-8-15)18-4-2-3-9-25-18/h2-6,9,12,15,30H,7-8,10-11,13H2,1H3. The van der Waals surface area contributed by atoms with Crippen LogP contribution in [0.15, 0.2) is 42.6 Å². The second kappa shape index (κ2) is 8.06. The van der Waals surface area contributed by atoms with Gasteiger partial charge in [-0.3, -0.25) is 4.57 Å². The van der Waals surface area contributed by atoms with Gasteiger partial charge in [0.1, 0.15) is 18.2 Å². The zero-order valence-corrected chi connectivity index (χ0v) is 16.5. The van der Waals surface area contributed by atoms with Crippen molar-refractivity contribution in [1.29, 1.82) is 0 Å². The van der Waals surface area contributed by atoms with Crippen LogP contribution in [0.25, 0.3) is 5.69 Å². The first kappa shape index (κ1) is 20.3. The molecule has 0 amide bonds. The van der Waals surface area contributed by atoms with Gasteiger partial charge >= 0.3 is 6.18 Å². The average Bonchev–Trinajstić information content (AvgIpc) is 3.17. The van der Waals surface area contributed by atoms with Crippen molar-refractivity contribution >= 4 is 5.82 Å². The number of aliphatic hydroxyl groups excluding tert-OH is 1. The first-order valence-electron chi connectivity index (χ1n) is 9.77. The molecule has 0 spiro atoms. The smallest absolute Gasteiger partial charge is 0.388 e. The maximum Gasteiger partial charge on any atom is 0.416 e. The van der Waals surface area contributed by atoms with Crippen molar-refractivity contribution in [2.45, 2.75) is 38.5 Å². The summed E-state index contributed by atoms with van der Waals surface area (Å²) in [5.74, 6) is 1.99. The Morgan fingerprint density at radius 1 is 1.10 bits per heavy atom. The number of alkyl halides is 3. The number of aromatic nitrogens is 4. The van der Waals surface area contributed by atoms with E-state index in [2.05, 4.69) is 20.1 Å². The van der Waals surface area contributed by atoms with Crippen molar-refractivity contribution in [3.8, 4) is 5.69 Å². The predicted octanol–water partition coefficient (Wildman–Crippen LogP) is 3.87. The average molecular weight is 417 g/mol. The van der Waals surface area contributed by atoms with Crippen LogP contribution in [0, 0.1) is 6.92 Å². The van der Waals surface area contributed by atoms with Gasteiger partial charge in [0.25, 0.3) is 0 Å². The Hall–Kier alpha value is -2.94. The molecule has 1 aliphatic heterocycles. The van der Waals surface area contributed by atoms with Gasteiger partial charge in [0.2, 0.25) is 0 Å². The molecule has 3 heterocycles. The summed E-state index contributed by atoms with van der Waals surface area (Å²) in [5.41, 5.74) is 0.304. The molecule has 0 unspecified atom stereocenters. The monoisotopic (exact) mass is 417 g/mol. The van der Waals surface area contributed by atoms with Crippen LogP contribution in [0.4, 0.5) is 19.0 Å². The quantitative estimate of drug-likeness (QED) is 0.698. The molecule has 0 atom stereocenters. The number of anilines is 1. The number of hydrogen-bond acceptors (Lipinski definition) is 5. The Balaban J connectivity index is 1.62. The number of rotatable bonds is 4. The zero-order chi connectivity index (χ0) is 21.3. The van der Waals surface area contributed by atoms with Crippen molar-refractivity contribution in [2.75, 3.05) is 18.0 Å². The van der Waals surface area contributed by atoms with Crippen LogP contribution in [-0.4, -0.2) is 37.9 Å². The summed E-state index contributed by atoms with van der Waals surface area (Å²) in [6.45, 7) is 2.85. The lowest BCUT2D eigenvalue weighted by molar-refractivity contribution is -0.137. The molecule has 0 saturated carbocycles. The molecule has 30 heavy (non-hydrogen) atoms. The molecule has 1 fully saturated rings. The van der Waals surface area contributed by atoms with Crippen LogP contribution in [0.1, 0.15) is 41.5 Å². The van der Waals surface area contributed by atoms with Crippen molar-refractivity contribution in [2.24, 2.45) is 0 Å². The summed E-state index contributed by atoms with van der Waals surface area (Å²) in [4.78, 5) is 6.59. The van der Waals surface area contributed by atoms with Crippen LogP contribution < -0.4 is 4.90 Å². The van der Waals surface area contributed by atoms with Gasteiger partial charge in [-0.2, -0.15) is 13.2 Å². The van der Waals surface area contributed by atoms with Gasteiger partial charge in [-0.25, -0.2) is 4.98 Å². The fraction of sp³-hybridized carbons (Fsp3) is 0.381. The maximum atomic E-state index is 13.1. The summed E-state index contributed by atoms with van der Waals surface area (Å²) < 4.78 is 40.9. The Morgan fingerprint density at radius 2 is 1.87 bits per heavy atom. The summed E-state index contributed by atoms with van der Waals surface area (Å²) in [6, 6.07) is 9.39. The van der Waals surface area contributed by atoms with E-state index in [9.17, 15) is 18.3 Å². The molecule has 6 nitrogen and oxygen atoms in total. The number of nitrogens with zero attached hydrogens (tertiary/aromatic N) is 5. The second-order valence-electron chi connectivity index (χ2n) is 7.42. The van der Waals surface area contributed by atoms with Gasteiger partial charge in [-0.05, 0) is 55.7 Å². The van der Waals surface area contributed by atoms with E-state index in [1.165, 1.54) is 6.07 Å². The van der Waals surface area contributed by atoms with Gasteiger partial charge in [-0.1, -0.05) is 6.07 Å². The predicted molar refractivity (Wildman–Crippen MR) is 105 cm³/mol. The first-order valence-corrected chi connectivity index (χ1v) is 9.77. The van der Waals surface area contributed by atoms with E-state index in [-0.39, 0.29) is 12.5 Å². The lowest BCUT2D eigenvalue weighted by Gasteiger charge is -2.32. The highest BCUT2D eigenvalue weighted by Gasteiger charge is 2.32. The van der Waals surface area contributed by atoms with E-state index in [0.717, 1.165) is 43.9 Å². The molecule has 1 N–H and O–H groups in total. The van der Waals surface area contributed by atoms with Gasteiger partial charge in [0, 0.05) is 25.2 Å². The minimum Gasteiger partial charge on any atom is -0.388 e. The molecule has 1 aromatic carbocycles. The fourth-order valence-electron chi connectivity index (χ4n) is 3.95. The second-order valence-corrected chi connectivity index (χ2v) is 7.42. The van der Waals surface area contributed by atoms with E-state index in [1.54, 1.807) is 17.7 Å². The Morgan fingerprint density at radius 3 is 2.47 bits per heavy atom. The molecule has 3 aromatic rings. The topological polar surface area (TPSA) is 67.1 Å². The van der Waals surface area contributed by atoms with Gasteiger partial charge in [0.05, 0.1) is 11.3 Å². The Bertz CT molecular complexity index is 1010. The number of aliphatic hydroxyl groups is 1. The highest BCUT2D eigenvalue weighted by Crippen LogP contribution is 2.34. The molecule has 158 valence electrons. The van der Waals surface area contributed by atoms with Gasteiger partial charge in [-0.15, -0.1) is 10.2 Å². The largest absolute Gasteiger partial charge is 0.416 e. The van der Waals surface area contributed by atoms with E-state index in [1.807, 2.05) is 18.2 Å². The summed E-state index contributed by atoms with van der Waals surface area (Å²) in [7, 11) is 0. The molecular formula is C21H22F3N5O. The molecular weight excluding hydrogens is 395 g/mol. The summed E-state index contributed by atoms with van der Waals surface area (Å²) in [6.07, 6.45) is -1.03. The number of hydrogen-bond donors (Lipinski definition) is 1. The number of benzene rings is 1. The zero-order valence-electron chi connectivity index (χ0n) is 16.5.